The maximum Gasteiger partial charge on any atom is 0.406 e. The Labute approximate surface area is 100 Å². The minimum atomic E-state index is -4.84. The maximum absolute atomic E-state index is 12.8. The minimum absolute atomic E-state index is 0.0631. The normalized spacial score (nSPS) is 25.1. The van der Waals surface area contributed by atoms with Crippen molar-refractivity contribution in [3.05, 3.63) is 0 Å². The standard InChI is InChI=1S/C9H12F3NO3S/c1-17-4-6(14)13-3-2-8(5-13,7(15)16)9(10,11)12/h2-5H2,1H3,(H,15,16). The molecule has 98 valence electrons. The molecule has 1 amide bonds. The fraction of sp³-hybridized carbons (Fsp3) is 0.778. The van der Waals surface area contributed by atoms with E-state index in [1.54, 1.807) is 6.26 Å². The van der Waals surface area contributed by atoms with Crippen molar-refractivity contribution < 1.29 is 27.9 Å². The van der Waals surface area contributed by atoms with E-state index in [1.807, 2.05) is 0 Å². The number of amides is 1. The first-order chi connectivity index (χ1) is 7.74. The average molecular weight is 271 g/mol. The summed E-state index contributed by atoms with van der Waals surface area (Å²) in [7, 11) is 0. The maximum atomic E-state index is 12.8. The number of hydrogen-bond acceptors (Lipinski definition) is 3. The molecule has 8 heteroatoms. The fourth-order valence-electron chi connectivity index (χ4n) is 1.76. The van der Waals surface area contributed by atoms with E-state index in [0.29, 0.717) is 0 Å². The van der Waals surface area contributed by atoms with E-state index in [9.17, 15) is 22.8 Å². The Balaban J connectivity index is 2.87. The molecular weight excluding hydrogens is 259 g/mol. The smallest absolute Gasteiger partial charge is 0.406 e. The van der Waals surface area contributed by atoms with Gasteiger partial charge >= 0.3 is 12.1 Å². The van der Waals surface area contributed by atoms with Crippen molar-refractivity contribution in [3.8, 4) is 0 Å². The van der Waals surface area contributed by atoms with Crippen LogP contribution in [0.1, 0.15) is 6.42 Å². The molecule has 1 aliphatic heterocycles. The SMILES string of the molecule is CSCC(=O)N1CCC(C(=O)O)(C(F)(F)F)C1. The Bertz CT molecular complexity index is 334. The molecule has 1 N–H and O–H groups in total. The van der Waals surface area contributed by atoms with Crippen LogP contribution in [-0.4, -0.2) is 53.2 Å². The van der Waals surface area contributed by atoms with Gasteiger partial charge in [0.25, 0.3) is 0 Å². The number of thioether (sulfide) groups is 1. The third-order valence-electron chi connectivity index (χ3n) is 2.84. The summed E-state index contributed by atoms with van der Waals surface area (Å²) < 4.78 is 38.3. The molecule has 0 aliphatic carbocycles. The fourth-order valence-corrected chi connectivity index (χ4v) is 2.19. The van der Waals surface area contributed by atoms with Gasteiger partial charge in [-0.1, -0.05) is 0 Å². The molecule has 1 saturated heterocycles. The van der Waals surface area contributed by atoms with Crippen LogP contribution in [0.2, 0.25) is 0 Å². The van der Waals surface area contributed by atoms with Gasteiger partial charge in [-0.05, 0) is 12.7 Å². The van der Waals surface area contributed by atoms with Crippen LogP contribution in [0.15, 0.2) is 0 Å². The van der Waals surface area contributed by atoms with Gasteiger partial charge in [0, 0.05) is 13.1 Å². The average Bonchev–Trinajstić information content (AvgIpc) is 2.62. The molecule has 1 fully saturated rings. The second kappa shape index (κ2) is 4.75. The van der Waals surface area contributed by atoms with Crippen molar-refractivity contribution in [3.63, 3.8) is 0 Å². The molecule has 0 spiro atoms. The molecule has 1 rings (SSSR count). The molecular formula is C9H12F3NO3S. The number of aliphatic carboxylic acids is 1. The summed E-state index contributed by atoms with van der Waals surface area (Å²) in [5.41, 5.74) is -2.80. The number of likely N-dealkylation sites (tertiary alicyclic amines) is 1. The van der Waals surface area contributed by atoms with Crippen LogP contribution < -0.4 is 0 Å². The number of nitrogens with zero attached hydrogens (tertiary/aromatic N) is 1. The topological polar surface area (TPSA) is 57.6 Å². The van der Waals surface area contributed by atoms with E-state index in [1.165, 1.54) is 11.8 Å². The van der Waals surface area contributed by atoms with Gasteiger partial charge in [-0.3, -0.25) is 9.59 Å². The second-order valence-corrected chi connectivity index (χ2v) is 4.75. The first kappa shape index (κ1) is 14.1. The van der Waals surface area contributed by atoms with Crippen molar-refractivity contribution >= 4 is 23.6 Å². The first-order valence-corrected chi connectivity index (χ1v) is 6.21. The van der Waals surface area contributed by atoms with Gasteiger partial charge in [0.1, 0.15) is 0 Å². The predicted molar refractivity (Wildman–Crippen MR) is 55.7 cm³/mol. The highest BCUT2D eigenvalue weighted by Gasteiger charge is 2.64. The van der Waals surface area contributed by atoms with Crippen LogP contribution in [-0.2, 0) is 9.59 Å². The van der Waals surface area contributed by atoms with E-state index < -0.39 is 36.4 Å². The lowest BCUT2D eigenvalue weighted by molar-refractivity contribution is -0.227. The van der Waals surface area contributed by atoms with Gasteiger partial charge in [-0.2, -0.15) is 24.9 Å². The van der Waals surface area contributed by atoms with E-state index in [2.05, 4.69) is 0 Å². The van der Waals surface area contributed by atoms with Crippen LogP contribution in [0, 0.1) is 5.41 Å². The lowest BCUT2D eigenvalue weighted by Gasteiger charge is -2.27. The number of hydrogen-bond donors (Lipinski definition) is 1. The van der Waals surface area contributed by atoms with Crippen LogP contribution in [0.25, 0.3) is 0 Å². The van der Waals surface area contributed by atoms with Crippen molar-refractivity contribution in [1.29, 1.82) is 0 Å². The zero-order chi connectivity index (χ0) is 13.3. The number of carbonyl (C=O) groups is 2. The summed E-state index contributed by atoms with van der Waals surface area (Å²) in [5, 5.41) is 8.77. The van der Waals surface area contributed by atoms with E-state index >= 15 is 0 Å². The molecule has 1 heterocycles. The number of rotatable bonds is 3. The molecule has 1 atom stereocenters. The third kappa shape index (κ3) is 2.51. The summed E-state index contributed by atoms with van der Waals surface area (Å²) in [6, 6.07) is 0. The van der Waals surface area contributed by atoms with Crippen molar-refractivity contribution in [2.45, 2.75) is 12.6 Å². The van der Waals surface area contributed by atoms with E-state index in [-0.39, 0.29) is 12.3 Å². The molecule has 0 aromatic rings. The van der Waals surface area contributed by atoms with E-state index in [0.717, 1.165) is 4.90 Å². The third-order valence-corrected chi connectivity index (χ3v) is 3.38. The summed E-state index contributed by atoms with van der Waals surface area (Å²) in [6.07, 6.45) is -3.76. The zero-order valence-corrected chi connectivity index (χ0v) is 9.90. The Kier molecular flexibility index (Phi) is 3.95. The molecule has 0 saturated carbocycles. The largest absolute Gasteiger partial charge is 0.481 e. The van der Waals surface area contributed by atoms with Gasteiger partial charge in [0.15, 0.2) is 5.41 Å². The van der Waals surface area contributed by atoms with Gasteiger partial charge in [-0.25, -0.2) is 0 Å². The monoisotopic (exact) mass is 271 g/mol. The number of halogens is 3. The van der Waals surface area contributed by atoms with E-state index in [4.69, 9.17) is 5.11 Å². The number of carboxylic acid groups (broad SMARTS) is 1. The molecule has 0 bridgehead atoms. The van der Waals surface area contributed by atoms with Crippen molar-refractivity contribution in [1.82, 2.24) is 4.90 Å². The summed E-state index contributed by atoms with van der Waals surface area (Å²) in [4.78, 5) is 23.2. The molecule has 1 unspecified atom stereocenters. The van der Waals surface area contributed by atoms with Crippen LogP contribution in [0.4, 0.5) is 13.2 Å². The number of carbonyl (C=O) groups excluding carboxylic acids is 1. The Morgan fingerprint density at radius 3 is 2.41 bits per heavy atom. The number of alkyl halides is 3. The van der Waals surface area contributed by atoms with Gasteiger partial charge in [-0.15, -0.1) is 0 Å². The molecule has 0 radical (unpaired) electrons. The lowest BCUT2D eigenvalue weighted by atomic mass is 9.86. The van der Waals surface area contributed by atoms with Crippen LogP contribution in [0.3, 0.4) is 0 Å². The second-order valence-electron chi connectivity index (χ2n) is 3.88. The molecule has 0 aromatic carbocycles. The van der Waals surface area contributed by atoms with Crippen LogP contribution >= 0.6 is 11.8 Å². The Morgan fingerprint density at radius 2 is 2.06 bits per heavy atom. The van der Waals surface area contributed by atoms with Gasteiger partial charge in [0.2, 0.25) is 5.91 Å². The zero-order valence-electron chi connectivity index (χ0n) is 9.08. The number of carboxylic acids is 1. The quantitative estimate of drug-likeness (QED) is 0.838. The first-order valence-electron chi connectivity index (χ1n) is 4.81. The minimum Gasteiger partial charge on any atom is -0.481 e. The highest BCUT2D eigenvalue weighted by atomic mass is 32.2. The summed E-state index contributed by atoms with van der Waals surface area (Å²) in [6.45, 7) is -0.948. The van der Waals surface area contributed by atoms with Crippen LogP contribution in [0.5, 0.6) is 0 Å². The molecule has 0 aromatic heterocycles. The molecule has 1 aliphatic rings. The summed E-state index contributed by atoms with van der Waals surface area (Å²) in [5.74, 6) is -2.30. The Morgan fingerprint density at radius 1 is 1.47 bits per heavy atom. The Hall–Kier alpha value is -0.920. The van der Waals surface area contributed by atoms with Gasteiger partial charge in [0.05, 0.1) is 5.75 Å². The highest BCUT2D eigenvalue weighted by molar-refractivity contribution is 7.99. The highest BCUT2D eigenvalue weighted by Crippen LogP contribution is 2.45. The van der Waals surface area contributed by atoms with Crippen molar-refractivity contribution in [2.24, 2.45) is 5.41 Å². The molecule has 17 heavy (non-hydrogen) atoms. The summed E-state index contributed by atoms with van der Waals surface area (Å²) >= 11 is 1.19. The predicted octanol–water partition coefficient (Wildman–Crippen LogP) is 1.22. The molecule has 4 nitrogen and oxygen atoms in total. The lowest BCUT2D eigenvalue weighted by Crippen LogP contribution is -2.47. The van der Waals surface area contributed by atoms with Gasteiger partial charge < -0.3 is 10.0 Å². The van der Waals surface area contributed by atoms with Crippen molar-refractivity contribution in [2.75, 3.05) is 25.1 Å².